The summed E-state index contributed by atoms with van der Waals surface area (Å²) >= 11 is 0. The van der Waals surface area contributed by atoms with Crippen LogP contribution in [0.2, 0.25) is 0 Å². The van der Waals surface area contributed by atoms with Crippen LogP contribution in [0, 0.1) is 11.8 Å². The summed E-state index contributed by atoms with van der Waals surface area (Å²) in [5.74, 6) is -1.29. The smallest absolute Gasteiger partial charge is 0.242 e. The Morgan fingerprint density at radius 2 is 1.64 bits per heavy atom. The molecule has 5 atom stereocenters. The fourth-order valence-electron chi connectivity index (χ4n) is 6.36. The summed E-state index contributed by atoms with van der Waals surface area (Å²) in [5.41, 5.74) is 1.83. The molecule has 4 N–H and O–H groups in total. The van der Waals surface area contributed by atoms with Crippen molar-refractivity contribution in [3.8, 4) is 0 Å². The second-order valence-corrected chi connectivity index (χ2v) is 13.0. The van der Waals surface area contributed by atoms with Crippen LogP contribution in [0.4, 0.5) is 0 Å². The van der Waals surface area contributed by atoms with E-state index >= 15 is 0 Å². The van der Waals surface area contributed by atoms with Gasteiger partial charge < -0.3 is 30.9 Å². The monoisotopic (exact) mass is 640 g/mol. The zero-order valence-electron chi connectivity index (χ0n) is 27.5. The van der Waals surface area contributed by atoms with Gasteiger partial charge in [-0.1, -0.05) is 86.6 Å². The minimum absolute atomic E-state index is 0.0277. The van der Waals surface area contributed by atoms with E-state index in [4.69, 9.17) is 0 Å². The summed E-state index contributed by atoms with van der Waals surface area (Å²) < 4.78 is 0. The van der Waals surface area contributed by atoms with Gasteiger partial charge in [-0.2, -0.15) is 0 Å². The first-order valence-electron chi connectivity index (χ1n) is 16.8. The van der Waals surface area contributed by atoms with Gasteiger partial charge in [0.25, 0.3) is 0 Å². The Bertz CT molecular complexity index is 1490. The van der Waals surface area contributed by atoms with Crippen LogP contribution in [0.25, 0.3) is 10.8 Å². The second kappa shape index (κ2) is 18.1. The van der Waals surface area contributed by atoms with E-state index in [1.54, 1.807) is 0 Å². The fraction of sp³-hybridized carbons (Fsp3) is 0.447. The maximum Gasteiger partial charge on any atom is 0.242 e. The molecule has 0 aromatic heterocycles. The molecule has 1 heterocycles. The van der Waals surface area contributed by atoms with Gasteiger partial charge in [0.05, 0.1) is 12.0 Å². The number of aldehydes is 2. The van der Waals surface area contributed by atoms with Crippen molar-refractivity contribution in [1.82, 2.24) is 21.3 Å². The van der Waals surface area contributed by atoms with E-state index in [1.165, 1.54) is 0 Å². The highest BCUT2D eigenvalue weighted by atomic mass is 16.2. The number of rotatable bonds is 18. The summed E-state index contributed by atoms with van der Waals surface area (Å²) in [6, 6.07) is 21.5. The number of nitrogens with one attached hydrogen (secondary N) is 4. The zero-order valence-corrected chi connectivity index (χ0v) is 27.5. The fourth-order valence-corrected chi connectivity index (χ4v) is 6.36. The van der Waals surface area contributed by atoms with E-state index in [-0.39, 0.29) is 48.6 Å². The number of fused-ring (bicyclic) bond motifs is 1. The predicted molar refractivity (Wildman–Crippen MR) is 184 cm³/mol. The molecule has 1 aliphatic heterocycles. The quantitative estimate of drug-likeness (QED) is 0.154. The molecule has 4 rings (SSSR count). The molecule has 1 unspecified atom stereocenters. The third-order valence-electron chi connectivity index (χ3n) is 8.88. The Labute approximate surface area is 277 Å². The molecule has 0 aliphatic carbocycles. The largest absolute Gasteiger partial charge is 0.356 e. The lowest BCUT2D eigenvalue weighted by Crippen LogP contribution is -2.55. The maximum atomic E-state index is 14.1. The normalized spacial score (nSPS) is 17.3. The lowest BCUT2D eigenvalue weighted by molar-refractivity contribution is -0.131. The second-order valence-electron chi connectivity index (χ2n) is 13.0. The molecule has 9 nitrogen and oxygen atoms in total. The van der Waals surface area contributed by atoms with Crippen molar-refractivity contribution in [3.05, 3.63) is 83.9 Å². The summed E-state index contributed by atoms with van der Waals surface area (Å²) in [6.07, 6.45) is 5.18. The number of hydrogen-bond donors (Lipinski definition) is 4. The maximum absolute atomic E-state index is 14.1. The minimum Gasteiger partial charge on any atom is -0.356 e. The molecule has 1 saturated heterocycles. The Morgan fingerprint density at radius 3 is 2.36 bits per heavy atom. The van der Waals surface area contributed by atoms with Crippen LogP contribution in [-0.2, 0) is 30.4 Å². The van der Waals surface area contributed by atoms with Gasteiger partial charge in [-0.3, -0.25) is 14.4 Å². The zero-order chi connectivity index (χ0) is 33.6. The number of hydrogen-bond acceptors (Lipinski definition) is 6. The highest BCUT2D eigenvalue weighted by molar-refractivity contribution is 5.91. The molecule has 0 radical (unpaired) electrons. The average Bonchev–Trinajstić information content (AvgIpc) is 3.07. The van der Waals surface area contributed by atoms with Crippen LogP contribution in [0.3, 0.4) is 0 Å². The van der Waals surface area contributed by atoms with Crippen LogP contribution in [-0.4, -0.2) is 61.5 Å². The van der Waals surface area contributed by atoms with Gasteiger partial charge in [-0.15, -0.1) is 0 Å². The molecule has 0 saturated carbocycles. The van der Waals surface area contributed by atoms with E-state index in [0.29, 0.717) is 32.2 Å². The number of carbonyl (C=O) groups is 5. The SMILES string of the molecule is CC(C)C[C@H](NC(=O)[C@H](Cc1cccc2ccccc12)NCC(C=O)c1ccccc1)C(=O)N[C@H](CCC=O)C[C@@H]1CCCNC1=O. The molecular weight excluding hydrogens is 592 g/mol. The lowest BCUT2D eigenvalue weighted by atomic mass is 9.89. The van der Waals surface area contributed by atoms with Crippen molar-refractivity contribution in [2.45, 2.75) is 82.8 Å². The molecule has 0 bridgehead atoms. The molecule has 1 fully saturated rings. The van der Waals surface area contributed by atoms with Crippen LogP contribution in [0.5, 0.6) is 0 Å². The minimum atomic E-state index is -0.825. The van der Waals surface area contributed by atoms with Crippen molar-refractivity contribution < 1.29 is 24.0 Å². The summed E-state index contributed by atoms with van der Waals surface area (Å²) in [4.78, 5) is 63.7. The summed E-state index contributed by atoms with van der Waals surface area (Å²) in [7, 11) is 0. The van der Waals surface area contributed by atoms with E-state index in [9.17, 15) is 24.0 Å². The molecule has 250 valence electrons. The van der Waals surface area contributed by atoms with Gasteiger partial charge in [0.15, 0.2) is 0 Å². The van der Waals surface area contributed by atoms with Crippen molar-refractivity contribution in [2.24, 2.45) is 11.8 Å². The lowest BCUT2D eigenvalue weighted by Gasteiger charge is -2.29. The third kappa shape index (κ3) is 10.6. The van der Waals surface area contributed by atoms with Gasteiger partial charge in [0.1, 0.15) is 18.6 Å². The van der Waals surface area contributed by atoms with Gasteiger partial charge in [0, 0.05) is 31.5 Å². The highest BCUT2D eigenvalue weighted by Crippen LogP contribution is 2.22. The Hall–Kier alpha value is -4.37. The number of amides is 3. The Balaban J connectivity index is 1.54. The first-order chi connectivity index (χ1) is 22.8. The molecular formula is C38H48N4O5. The van der Waals surface area contributed by atoms with Crippen molar-refractivity contribution in [3.63, 3.8) is 0 Å². The van der Waals surface area contributed by atoms with E-state index < -0.39 is 18.0 Å². The average molecular weight is 641 g/mol. The Kier molecular flexibility index (Phi) is 13.7. The van der Waals surface area contributed by atoms with Crippen molar-refractivity contribution in [2.75, 3.05) is 13.1 Å². The van der Waals surface area contributed by atoms with Gasteiger partial charge in [-0.05, 0) is 66.3 Å². The van der Waals surface area contributed by atoms with Crippen molar-refractivity contribution in [1.29, 1.82) is 0 Å². The molecule has 47 heavy (non-hydrogen) atoms. The molecule has 3 aromatic rings. The topological polar surface area (TPSA) is 133 Å². The van der Waals surface area contributed by atoms with E-state index in [0.717, 1.165) is 47.3 Å². The highest BCUT2D eigenvalue weighted by Gasteiger charge is 2.31. The standard InChI is InChI=1S/C38H48N4O5/c1-26(2)21-35(38(47)41-32(17-10-20-43)22-30-16-9-19-39-36(30)45)42-37(46)34(40-24-31(25-44)27-11-4-3-5-12-27)23-29-15-8-14-28-13-6-7-18-33(28)29/h3-8,11-15,18,20,25-26,30-32,34-35,40H,9-10,16-17,19,21-24H2,1-2H3,(H,39,45)(H,41,47)(H,42,46)/t30-,31?,32+,34-,35-/m0/s1. The van der Waals surface area contributed by atoms with Gasteiger partial charge in [-0.25, -0.2) is 0 Å². The summed E-state index contributed by atoms with van der Waals surface area (Å²) in [5, 5.41) is 14.4. The van der Waals surface area contributed by atoms with Crippen LogP contribution >= 0.6 is 0 Å². The number of carbonyl (C=O) groups excluding carboxylic acids is 5. The van der Waals surface area contributed by atoms with Crippen LogP contribution in [0.15, 0.2) is 72.8 Å². The Morgan fingerprint density at radius 1 is 0.915 bits per heavy atom. The number of piperidine rings is 1. The summed E-state index contributed by atoms with van der Waals surface area (Å²) in [6.45, 7) is 4.87. The predicted octanol–water partition coefficient (Wildman–Crippen LogP) is 4.23. The van der Waals surface area contributed by atoms with Crippen LogP contribution in [0.1, 0.15) is 69.4 Å². The van der Waals surface area contributed by atoms with Crippen LogP contribution < -0.4 is 21.3 Å². The number of benzene rings is 3. The third-order valence-corrected chi connectivity index (χ3v) is 8.88. The van der Waals surface area contributed by atoms with Crippen molar-refractivity contribution >= 4 is 41.1 Å². The molecule has 1 aliphatic rings. The van der Waals surface area contributed by atoms with E-state index in [2.05, 4.69) is 21.3 Å². The molecule has 3 amide bonds. The molecule has 3 aromatic carbocycles. The first-order valence-corrected chi connectivity index (χ1v) is 16.8. The van der Waals surface area contributed by atoms with Gasteiger partial charge in [0.2, 0.25) is 17.7 Å². The molecule has 0 spiro atoms. The molecule has 9 heteroatoms. The first kappa shape index (κ1) is 35.5. The van der Waals surface area contributed by atoms with E-state index in [1.807, 2.05) is 86.6 Å². The van der Waals surface area contributed by atoms with Gasteiger partial charge >= 0.3 is 0 Å².